The molecular weight excluding hydrogens is 1090 g/mol. The van der Waals surface area contributed by atoms with Gasteiger partial charge in [0.25, 0.3) is 0 Å². The second kappa shape index (κ2) is 68.4. The zero-order valence-electron chi connectivity index (χ0n) is 58.9. The van der Waals surface area contributed by atoms with Crippen molar-refractivity contribution in [1.29, 1.82) is 0 Å². The number of unbranched alkanes of at least 4 members (excludes halogenated alkanes) is 60. The van der Waals surface area contributed by atoms with E-state index in [4.69, 9.17) is 18.5 Å². The highest BCUT2D eigenvalue weighted by molar-refractivity contribution is 7.47. The molecule has 86 heavy (non-hydrogen) atoms. The normalized spacial score (nSPS) is 13.0. The Kier molecular flexibility index (Phi) is 67.6. The molecule has 0 bridgehead atoms. The Morgan fingerprint density at radius 3 is 0.744 bits per heavy atom. The number of phosphoric acid groups is 1. The van der Waals surface area contributed by atoms with Crippen LogP contribution in [0.25, 0.3) is 0 Å². The van der Waals surface area contributed by atoms with Crippen molar-refractivity contribution in [3.05, 3.63) is 0 Å². The monoisotopic (exact) mass is 1240 g/mol. The number of likely N-dealkylation sites (N-methyl/N-ethyl adjacent to an activating group) is 1. The minimum Gasteiger partial charge on any atom is -0.462 e. The molecule has 2 unspecified atom stereocenters. The van der Waals surface area contributed by atoms with E-state index in [1.165, 1.54) is 360 Å². The van der Waals surface area contributed by atoms with Gasteiger partial charge in [0.1, 0.15) is 19.8 Å². The molecule has 0 rings (SSSR count). The number of quaternary nitrogens is 1. The lowest BCUT2D eigenvalue weighted by Crippen LogP contribution is -2.37. The summed E-state index contributed by atoms with van der Waals surface area (Å²) in [7, 11) is 1.51. The molecule has 0 fully saturated rings. The maximum absolute atomic E-state index is 12.9. The Balaban J connectivity index is 3.91. The average Bonchev–Trinajstić information content (AvgIpc) is 3.64. The van der Waals surface area contributed by atoms with Crippen LogP contribution in [0.5, 0.6) is 0 Å². The second-order valence-electron chi connectivity index (χ2n) is 28.1. The Morgan fingerprint density at radius 1 is 0.314 bits per heavy atom. The van der Waals surface area contributed by atoms with Gasteiger partial charge in [-0.05, 0) is 12.8 Å². The first-order valence-corrected chi connectivity index (χ1v) is 40.3. The van der Waals surface area contributed by atoms with Gasteiger partial charge in [0, 0.05) is 12.8 Å². The van der Waals surface area contributed by atoms with E-state index >= 15 is 0 Å². The van der Waals surface area contributed by atoms with Crippen molar-refractivity contribution in [2.45, 2.75) is 431 Å². The summed E-state index contributed by atoms with van der Waals surface area (Å²) in [5, 5.41) is 0. The lowest BCUT2D eigenvalue weighted by Gasteiger charge is -2.24. The fourth-order valence-corrected chi connectivity index (χ4v) is 12.9. The Labute approximate surface area is 537 Å². The topological polar surface area (TPSA) is 108 Å². The van der Waals surface area contributed by atoms with Gasteiger partial charge < -0.3 is 18.9 Å². The number of phosphoric ester groups is 1. The molecule has 0 saturated carbocycles. The molecule has 0 aromatic carbocycles. The first-order valence-electron chi connectivity index (χ1n) is 38.8. The summed E-state index contributed by atoms with van der Waals surface area (Å²) in [4.78, 5) is 35.9. The Hall–Kier alpha value is -0.990. The van der Waals surface area contributed by atoms with Gasteiger partial charge in [0.05, 0.1) is 27.7 Å². The van der Waals surface area contributed by atoms with Crippen LogP contribution in [-0.2, 0) is 32.7 Å². The zero-order valence-corrected chi connectivity index (χ0v) is 59.8. The molecule has 0 aliphatic rings. The predicted octanol–water partition coefficient (Wildman–Crippen LogP) is 25.3. The van der Waals surface area contributed by atoms with Crippen molar-refractivity contribution < 1.29 is 42.1 Å². The number of carbonyl (C=O) groups is 2. The summed E-state index contributed by atoms with van der Waals surface area (Å²) < 4.78 is 34.8. The molecule has 0 saturated heterocycles. The molecule has 0 spiro atoms. The van der Waals surface area contributed by atoms with Crippen LogP contribution < -0.4 is 0 Å². The number of ether oxygens (including phenoxy) is 2. The third-order valence-corrected chi connectivity index (χ3v) is 19.1. The summed E-state index contributed by atoms with van der Waals surface area (Å²) in [6.07, 6.45) is 83.9. The molecule has 0 aromatic heterocycles. The van der Waals surface area contributed by atoms with E-state index < -0.39 is 26.5 Å². The summed E-state index contributed by atoms with van der Waals surface area (Å²) in [6, 6.07) is 0. The highest BCUT2D eigenvalue weighted by atomic mass is 31.2. The van der Waals surface area contributed by atoms with Crippen LogP contribution in [0, 0.1) is 0 Å². The molecule has 0 amide bonds. The van der Waals surface area contributed by atoms with E-state index in [9.17, 15) is 19.0 Å². The van der Waals surface area contributed by atoms with Crippen LogP contribution in [0.1, 0.15) is 425 Å². The number of esters is 2. The number of hydrogen-bond acceptors (Lipinski definition) is 7. The minimum atomic E-state index is -4.39. The standard InChI is InChI=1S/C76H152NO8P/c1-6-8-10-12-14-16-18-20-22-24-26-28-30-32-34-36-38-40-42-44-46-48-50-52-54-56-58-60-62-64-66-68-75(78)82-72-74(73-84-86(80,81)83-71-70-77(3,4)5)85-76(79)69-67-65-63-61-59-57-55-53-51-49-47-45-43-41-39-37-35-33-31-29-27-25-23-21-19-17-15-13-11-9-7-2/h74H,6-73H2,1-5H3/p+1. The third kappa shape index (κ3) is 72.1. The van der Waals surface area contributed by atoms with Crippen molar-refractivity contribution in [2.75, 3.05) is 47.5 Å². The van der Waals surface area contributed by atoms with E-state index in [0.29, 0.717) is 17.4 Å². The van der Waals surface area contributed by atoms with E-state index in [1.807, 2.05) is 21.1 Å². The Bertz CT molecular complexity index is 1410. The Morgan fingerprint density at radius 2 is 0.523 bits per heavy atom. The molecule has 2 atom stereocenters. The van der Waals surface area contributed by atoms with Crippen LogP contribution in [0.4, 0.5) is 0 Å². The molecule has 0 radical (unpaired) electrons. The predicted molar refractivity (Wildman–Crippen MR) is 372 cm³/mol. The van der Waals surface area contributed by atoms with E-state index in [-0.39, 0.29) is 25.6 Å². The molecular formula is C76H153NO8P+. The van der Waals surface area contributed by atoms with Gasteiger partial charge in [-0.1, -0.05) is 399 Å². The summed E-state index contributed by atoms with van der Waals surface area (Å²) in [5.74, 6) is -0.765. The average molecular weight is 1240 g/mol. The lowest BCUT2D eigenvalue weighted by molar-refractivity contribution is -0.870. The highest BCUT2D eigenvalue weighted by Gasteiger charge is 2.27. The van der Waals surface area contributed by atoms with E-state index in [0.717, 1.165) is 38.5 Å². The molecule has 9 nitrogen and oxygen atoms in total. The molecule has 10 heteroatoms. The molecule has 514 valence electrons. The van der Waals surface area contributed by atoms with Gasteiger partial charge in [-0.2, -0.15) is 0 Å². The van der Waals surface area contributed by atoms with Crippen LogP contribution in [-0.4, -0.2) is 74.9 Å². The first kappa shape index (κ1) is 85.0. The molecule has 1 N–H and O–H groups in total. The number of nitrogens with zero attached hydrogens (tertiary/aromatic N) is 1. The van der Waals surface area contributed by atoms with Crippen LogP contribution >= 0.6 is 7.82 Å². The zero-order chi connectivity index (χ0) is 62.6. The summed E-state index contributed by atoms with van der Waals surface area (Å²) in [5.41, 5.74) is 0. The van der Waals surface area contributed by atoms with Crippen LogP contribution in [0.3, 0.4) is 0 Å². The fraction of sp³-hybridized carbons (Fsp3) is 0.974. The number of rotatable bonds is 74. The SMILES string of the molecule is CCCCCCCCCCCCCCCCCCCCCCCCCCCCCCCCCC(=O)OCC(COP(=O)(O)OCC[N+](C)(C)C)OC(=O)CCCCCCCCCCCCCCCCCCCCCCCCCCCCCCCCC. The maximum Gasteiger partial charge on any atom is 0.472 e. The lowest BCUT2D eigenvalue weighted by atomic mass is 10.0. The third-order valence-electron chi connectivity index (χ3n) is 18.1. The maximum atomic E-state index is 12.9. The van der Waals surface area contributed by atoms with Crippen molar-refractivity contribution >= 4 is 19.8 Å². The highest BCUT2D eigenvalue weighted by Crippen LogP contribution is 2.43. The molecule has 0 aliphatic heterocycles. The minimum absolute atomic E-state index is 0.0378. The van der Waals surface area contributed by atoms with Gasteiger partial charge in [-0.3, -0.25) is 18.6 Å². The van der Waals surface area contributed by atoms with Gasteiger partial charge in [0.2, 0.25) is 0 Å². The quantitative estimate of drug-likeness (QED) is 0.0278. The molecule has 0 aliphatic carbocycles. The molecule has 0 aromatic rings. The summed E-state index contributed by atoms with van der Waals surface area (Å²) >= 11 is 0. The van der Waals surface area contributed by atoms with Crippen LogP contribution in [0.15, 0.2) is 0 Å². The van der Waals surface area contributed by atoms with Crippen molar-refractivity contribution in [3.8, 4) is 0 Å². The van der Waals surface area contributed by atoms with Crippen LogP contribution in [0.2, 0.25) is 0 Å². The van der Waals surface area contributed by atoms with Gasteiger partial charge in [0.15, 0.2) is 6.10 Å². The van der Waals surface area contributed by atoms with Crippen molar-refractivity contribution in [2.24, 2.45) is 0 Å². The fourth-order valence-electron chi connectivity index (χ4n) is 12.2. The summed E-state index contributed by atoms with van der Waals surface area (Å²) in [6.45, 7) is 4.54. The van der Waals surface area contributed by atoms with Crippen molar-refractivity contribution in [1.82, 2.24) is 0 Å². The van der Waals surface area contributed by atoms with Gasteiger partial charge in [-0.15, -0.1) is 0 Å². The first-order chi connectivity index (χ1) is 42.0. The smallest absolute Gasteiger partial charge is 0.462 e. The van der Waals surface area contributed by atoms with Crippen molar-refractivity contribution in [3.63, 3.8) is 0 Å². The van der Waals surface area contributed by atoms with E-state index in [1.54, 1.807) is 0 Å². The molecule has 0 heterocycles. The van der Waals surface area contributed by atoms with Gasteiger partial charge >= 0.3 is 19.8 Å². The van der Waals surface area contributed by atoms with E-state index in [2.05, 4.69) is 13.8 Å². The second-order valence-corrected chi connectivity index (χ2v) is 29.6. The number of carbonyl (C=O) groups excluding carboxylic acids is 2. The van der Waals surface area contributed by atoms with Gasteiger partial charge in [-0.25, -0.2) is 4.57 Å². The largest absolute Gasteiger partial charge is 0.472 e. The number of hydrogen-bond donors (Lipinski definition) is 1.